The number of hydrogen-bond donors (Lipinski definition) is 3. The van der Waals surface area contributed by atoms with E-state index in [1.54, 1.807) is 6.08 Å². The van der Waals surface area contributed by atoms with E-state index in [1.165, 1.54) is 12.3 Å². The molecule has 2 heterocycles. The predicted octanol–water partition coefficient (Wildman–Crippen LogP) is 2.17. The van der Waals surface area contributed by atoms with E-state index >= 15 is 0 Å². The van der Waals surface area contributed by atoms with Crippen molar-refractivity contribution in [3.63, 3.8) is 0 Å². The molecule has 134 valence electrons. The van der Waals surface area contributed by atoms with E-state index in [4.69, 9.17) is 11.5 Å². The average molecular weight is 361 g/mol. The number of carbonyl (C=O) groups excluding carboxylic acids is 1. The molecule has 2 aromatic rings. The molecular weight excluding hydrogens is 346 g/mol. The van der Waals surface area contributed by atoms with Crippen molar-refractivity contribution in [2.75, 3.05) is 5.32 Å². The summed E-state index contributed by atoms with van der Waals surface area (Å²) in [7, 11) is 0. The highest BCUT2D eigenvalue weighted by molar-refractivity contribution is 6.40. The minimum absolute atomic E-state index is 0.161. The van der Waals surface area contributed by atoms with Crippen LogP contribution in [0.5, 0.6) is 0 Å². The van der Waals surface area contributed by atoms with E-state index in [2.05, 4.69) is 31.4 Å². The third-order valence-corrected chi connectivity index (χ3v) is 4.45. The zero-order chi connectivity index (χ0) is 19.0. The van der Waals surface area contributed by atoms with Crippen molar-refractivity contribution >= 4 is 29.0 Å². The lowest BCUT2D eigenvalue weighted by atomic mass is 10.1. The Bertz CT molecular complexity index is 1050. The summed E-state index contributed by atoms with van der Waals surface area (Å²) in [5.41, 5.74) is 2.39. The number of carboxylic acid groups (broad SMARTS) is 1. The van der Waals surface area contributed by atoms with E-state index in [1.807, 2.05) is 6.07 Å². The second kappa shape index (κ2) is 6.53. The Hall–Kier alpha value is -3.73. The predicted molar refractivity (Wildman–Crippen MR) is 97.1 cm³/mol. The highest BCUT2D eigenvalue weighted by atomic mass is 16.4. The van der Waals surface area contributed by atoms with Crippen LogP contribution in [0.15, 0.2) is 30.0 Å². The summed E-state index contributed by atoms with van der Waals surface area (Å²) in [6.07, 6.45) is 12.6. The van der Waals surface area contributed by atoms with Gasteiger partial charge < -0.3 is 10.4 Å². The fourth-order valence-corrected chi connectivity index (χ4v) is 2.83. The number of carboxylic acids is 1. The second-order valence-corrected chi connectivity index (χ2v) is 6.40. The number of Topliss-reactive ketones (excluding diaryl/α,β-unsaturated/α-hetero) is 1. The Labute approximate surface area is 154 Å². The van der Waals surface area contributed by atoms with Crippen LogP contribution in [0.4, 0.5) is 11.6 Å². The lowest BCUT2D eigenvalue weighted by molar-refractivity contribution is -0.147. The summed E-state index contributed by atoms with van der Waals surface area (Å²) in [5.74, 6) is 2.07. The summed E-state index contributed by atoms with van der Waals surface area (Å²) >= 11 is 0. The van der Waals surface area contributed by atoms with Crippen LogP contribution < -0.4 is 5.32 Å². The molecule has 8 nitrogen and oxygen atoms in total. The van der Waals surface area contributed by atoms with Crippen molar-refractivity contribution in [3.05, 3.63) is 47.1 Å². The monoisotopic (exact) mass is 361 g/mol. The molecule has 8 heteroatoms. The average Bonchev–Trinajstić information content (AvgIpc) is 3.21. The zero-order valence-corrected chi connectivity index (χ0v) is 14.2. The van der Waals surface area contributed by atoms with E-state index in [0.29, 0.717) is 34.5 Å². The molecule has 0 radical (unpaired) electrons. The van der Waals surface area contributed by atoms with Crippen molar-refractivity contribution in [2.24, 2.45) is 0 Å². The third kappa shape index (κ3) is 3.35. The summed E-state index contributed by atoms with van der Waals surface area (Å²) in [5, 5.41) is 19.2. The highest BCUT2D eigenvalue weighted by Gasteiger charge is 2.26. The number of ketones is 1. The molecular formula is C19H15N5O3. The van der Waals surface area contributed by atoms with Crippen LogP contribution in [-0.4, -0.2) is 37.0 Å². The maximum atomic E-state index is 11.6. The summed E-state index contributed by atoms with van der Waals surface area (Å²) < 4.78 is 0. The number of aromatic nitrogens is 4. The van der Waals surface area contributed by atoms with Crippen LogP contribution >= 0.6 is 0 Å². The standard InChI is InChI=1S/C19H15N5O3/c1-2-10-9-20-17(13-6-5-12(7-13)16(25)19(26)27)22-18(10)21-15-8-14(23-24-15)11-3-4-11/h1,5-6,8-9,11H,3-4,7H2,(H,26,27)(H2,20,21,22,23,24). The number of hydrogen-bond acceptors (Lipinski definition) is 6. The van der Waals surface area contributed by atoms with Crippen LogP contribution in [0, 0.1) is 12.3 Å². The first-order valence-electron chi connectivity index (χ1n) is 8.39. The molecule has 27 heavy (non-hydrogen) atoms. The van der Waals surface area contributed by atoms with Crippen LogP contribution in [-0.2, 0) is 9.59 Å². The van der Waals surface area contributed by atoms with Gasteiger partial charge in [-0.3, -0.25) is 9.89 Å². The molecule has 0 unspecified atom stereocenters. The van der Waals surface area contributed by atoms with Gasteiger partial charge in [-0.25, -0.2) is 14.8 Å². The lowest BCUT2D eigenvalue weighted by Crippen LogP contribution is -2.14. The Morgan fingerprint density at radius 1 is 1.33 bits per heavy atom. The molecule has 0 atom stereocenters. The number of terminal acetylenes is 1. The van der Waals surface area contributed by atoms with E-state index in [9.17, 15) is 9.59 Å². The Morgan fingerprint density at radius 3 is 2.85 bits per heavy atom. The maximum Gasteiger partial charge on any atom is 0.376 e. The Balaban J connectivity index is 1.55. The Kier molecular flexibility index (Phi) is 4.05. The van der Waals surface area contributed by atoms with Crippen molar-refractivity contribution in [2.45, 2.75) is 25.2 Å². The highest BCUT2D eigenvalue weighted by Crippen LogP contribution is 2.39. The SMILES string of the molecule is C#Cc1cnc(C2=CC=C(C(=O)C(=O)O)C2)nc1Nc1cc(C2CC2)[nH]n1. The number of anilines is 2. The lowest BCUT2D eigenvalue weighted by Gasteiger charge is -2.08. The summed E-state index contributed by atoms with van der Waals surface area (Å²) in [4.78, 5) is 31.1. The number of H-pyrrole nitrogens is 1. The van der Waals surface area contributed by atoms with E-state index in [0.717, 1.165) is 18.5 Å². The van der Waals surface area contributed by atoms with Crippen molar-refractivity contribution in [3.8, 4) is 12.3 Å². The van der Waals surface area contributed by atoms with Gasteiger partial charge in [-0.1, -0.05) is 18.1 Å². The van der Waals surface area contributed by atoms with Gasteiger partial charge >= 0.3 is 5.97 Å². The molecule has 3 N–H and O–H groups in total. The molecule has 0 saturated heterocycles. The minimum Gasteiger partial charge on any atom is -0.475 e. The molecule has 0 aromatic carbocycles. The quantitative estimate of drug-likeness (QED) is 0.532. The topological polar surface area (TPSA) is 121 Å². The third-order valence-electron chi connectivity index (χ3n) is 4.45. The van der Waals surface area contributed by atoms with Crippen LogP contribution in [0.2, 0.25) is 0 Å². The van der Waals surface area contributed by atoms with E-state index in [-0.39, 0.29) is 12.0 Å². The number of nitrogens with one attached hydrogen (secondary N) is 2. The van der Waals surface area contributed by atoms with E-state index < -0.39 is 11.8 Å². The van der Waals surface area contributed by atoms with Gasteiger partial charge in [0.25, 0.3) is 5.78 Å². The van der Waals surface area contributed by atoms with Gasteiger partial charge in [0.1, 0.15) is 0 Å². The minimum atomic E-state index is -1.48. The number of allylic oxidation sites excluding steroid dienone is 3. The van der Waals surface area contributed by atoms with Crippen molar-refractivity contribution in [1.82, 2.24) is 20.2 Å². The van der Waals surface area contributed by atoms with Gasteiger partial charge in [0.05, 0.1) is 5.56 Å². The summed E-state index contributed by atoms with van der Waals surface area (Å²) in [6, 6.07) is 1.93. The van der Waals surface area contributed by atoms with Gasteiger partial charge in [-0.15, -0.1) is 6.42 Å². The number of rotatable bonds is 6. The number of aromatic amines is 1. The molecule has 1 fully saturated rings. The van der Waals surface area contributed by atoms with Crippen molar-refractivity contribution in [1.29, 1.82) is 0 Å². The largest absolute Gasteiger partial charge is 0.475 e. The molecule has 0 bridgehead atoms. The molecule has 0 aliphatic heterocycles. The molecule has 2 aromatic heterocycles. The van der Waals surface area contributed by atoms with Crippen LogP contribution in [0.25, 0.3) is 5.57 Å². The fraction of sp³-hybridized carbons (Fsp3) is 0.211. The van der Waals surface area contributed by atoms with Crippen LogP contribution in [0.1, 0.15) is 42.3 Å². The van der Waals surface area contributed by atoms with Gasteiger partial charge in [0.15, 0.2) is 17.5 Å². The molecule has 2 aliphatic rings. The van der Waals surface area contributed by atoms with Gasteiger partial charge in [-0.05, 0) is 12.8 Å². The molecule has 4 rings (SSSR count). The molecule has 0 amide bonds. The zero-order valence-electron chi connectivity index (χ0n) is 14.2. The van der Waals surface area contributed by atoms with Gasteiger partial charge in [0.2, 0.25) is 0 Å². The molecule has 0 spiro atoms. The number of carbonyl (C=O) groups is 2. The van der Waals surface area contributed by atoms with Gasteiger partial charge in [0, 0.05) is 41.4 Å². The first-order valence-corrected chi connectivity index (χ1v) is 8.39. The fourth-order valence-electron chi connectivity index (χ4n) is 2.83. The molecule has 2 aliphatic carbocycles. The van der Waals surface area contributed by atoms with Gasteiger partial charge in [-0.2, -0.15) is 5.10 Å². The number of aliphatic carboxylic acids is 1. The van der Waals surface area contributed by atoms with Crippen molar-refractivity contribution < 1.29 is 14.7 Å². The summed E-state index contributed by atoms with van der Waals surface area (Å²) in [6.45, 7) is 0. The maximum absolute atomic E-state index is 11.6. The second-order valence-electron chi connectivity index (χ2n) is 6.40. The normalized spacial score (nSPS) is 15.7. The smallest absolute Gasteiger partial charge is 0.376 e. The first kappa shape index (κ1) is 16.7. The Morgan fingerprint density at radius 2 is 2.15 bits per heavy atom. The number of nitrogens with zero attached hydrogens (tertiary/aromatic N) is 3. The molecule has 1 saturated carbocycles. The van der Waals surface area contributed by atoms with Crippen LogP contribution in [0.3, 0.4) is 0 Å². The first-order chi connectivity index (χ1) is 13.0.